The van der Waals surface area contributed by atoms with Crippen LogP contribution in [0.5, 0.6) is 0 Å². The minimum absolute atomic E-state index is 1.16. The van der Waals surface area contributed by atoms with Gasteiger partial charge in [-0.15, -0.1) is 0 Å². The molecule has 9 heterocycles. The molecule has 5 heteroatoms. The summed E-state index contributed by atoms with van der Waals surface area (Å²) in [6.45, 7) is 0. The largest absolute Gasteiger partial charge is 0.309 e. The van der Waals surface area contributed by atoms with E-state index in [1.807, 2.05) is 0 Å². The van der Waals surface area contributed by atoms with Crippen molar-refractivity contribution in [1.29, 1.82) is 0 Å². The van der Waals surface area contributed by atoms with Gasteiger partial charge in [-0.2, -0.15) is 0 Å². The smallest absolute Gasteiger partial charge is 0.0620 e. The van der Waals surface area contributed by atoms with E-state index in [1.54, 1.807) is 0 Å². The third kappa shape index (κ3) is 4.27. The van der Waals surface area contributed by atoms with Crippen molar-refractivity contribution in [1.82, 2.24) is 22.2 Å². The first-order valence-electron chi connectivity index (χ1n) is 26.8. The summed E-state index contributed by atoms with van der Waals surface area (Å²) in [6, 6.07) is 85.4. The molecule has 0 atom stereocenters. The van der Waals surface area contributed by atoms with Gasteiger partial charge in [0.05, 0.1) is 77.2 Å². The highest BCUT2D eigenvalue weighted by Crippen LogP contribution is 2.50. The summed E-state index contributed by atoms with van der Waals surface area (Å²) >= 11 is 0. The van der Waals surface area contributed by atoms with Gasteiger partial charge < -0.3 is 22.2 Å². The normalized spacial score (nSPS) is 13.2. The lowest BCUT2D eigenvalue weighted by atomic mass is 9.96. The van der Waals surface area contributed by atoms with Crippen LogP contribution in [0.25, 0.3) is 191 Å². The van der Waals surface area contributed by atoms with Gasteiger partial charge in [0.2, 0.25) is 0 Å². The van der Waals surface area contributed by atoms with Gasteiger partial charge in [0.15, 0.2) is 0 Å². The minimum Gasteiger partial charge on any atom is -0.309 e. The average molecular weight is 972 g/mol. The number of hydrogen-bond donors (Lipinski definition) is 0. The molecular weight excluding hydrogens is 935 g/mol. The number of rotatable bonds is 2. The van der Waals surface area contributed by atoms with Crippen molar-refractivity contribution in [2.24, 2.45) is 0 Å². The molecule has 0 fully saturated rings. The van der Waals surface area contributed by atoms with Crippen LogP contribution < -0.4 is 0 Å². The number of aromatic nitrogens is 5. The molecule has 0 saturated carbocycles. The van der Waals surface area contributed by atoms with Crippen LogP contribution in [0.4, 0.5) is 0 Å². The maximum Gasteiger partial charge on any atom is 0.0620 e. The minimum atomic E-state index is 1.16. The van der Waals surface area contributed by atoms with Gasteiger partial charge >= 0.3 is 0 Å². The molecule has 0 unspecified atom stereocenters. The van der Waals surface area contributed by atoms with Crippen molar-refractivity contribution in [3.63, 3.8) is 0 Å². The fourth-order valence-corrected chi connectivity index (χ4v) is 15.5. The first-order valence-corrected chi connectivity index (χ1v) is 26.8. The summed E-state index contributed by atoms with van der Waals surface area (Å²) in [6.07, 6.45) is 0. The summed E-state index contributed by atoms with van der Waals surface area (Å²) in [7, 11) is 0. The van der Waals surface area contributed by atoms with E-state index in [0.29, 0.717) is 0 Å². The Morgan fingerprint density at radius 3 is 0.818 bits per heavy atom. The zero-order valence-electron chi connectivity index (χ0n) is 41.1. The molecule has 0 aliphatic heterocycles. The molecule has 5 nitrogen and oxygen atoms in total. The summed E-state index contributed by atoms with van der Waals surface area (Å²) < 4.78 is 12.7. The molecule has 0 radical (unpaired) electrons. The van der Waals surface area contributed by atoms with Gasteiger partial charge in [-0.3, -0.25) is 0 Å². The number of hydrogen-bond acceptors (Lipinski definition) is 0. The Morgan fingerprint density at radius 2 is 0.429 bits per heavy atom. The van der Waals surface area contributed by atoms with Gasteiger partial charge in [0.25, 0.3) is 0 Å². The Bertz CT molecular complexity index is 6230. The average Bonchev–Trinajstić information content (AvgIpc) is 4.46. The molecule has 21 rings (SSSR count). The van der Waals surface area contributed by atoms with Crippen molar-refractivity contribution in [3.05, 3.63) is 224 Å². The molecule has 77 heavy (non-hydrogen) atoms. The van der Waals surface area contributed by atoms with Crippen LogP contribution in [-0.2, 0) is 0 Å². The zero-order valence-corrected chi connectivity index (χ0v) is 41.1. The second-order valence-corrected chi connectivity index (χ2v) is 22.0. The molecule has 350 valence electrons. The maximum atomic E-state index is 2.56. The van der Waals surface area contributed by atoms with Crippen LogP contribution in [0.2, 0.25) is 0 Å². The standard InChI is InChI=1S/C72H37N5/c1-2-14-40(15-3-1)73-63-32-49-47-22-12-20-45-41-16-4-8-24-59(41)74(69(45)47)65(49)34-51(63)52-35-68-53(36-64(52)73)57-30-38(28-55-44-19-7-11-27-62(44)77(68)71(55)57)39-29-56-43-18-6-10-26-61(43)76-67-33-50-48-23-13-21-46-42-17-5-9-25-60(42)75(70(46)48)66(50)37-54(67)58(31-39)72(56)76/h1-37H. The second kappa shape index (κ2) is 12.8. The summed E-state index contributed by atoms with van der Waals surface area (Å²) in [5.41, 5.74) is 21.2. The molecule has 0 spiro atoms. The first kappa shape index (κ1) is 38.3. The van der Waals surface area contributed by atoms with Crippen molar-refractivity contribution in [2.75, 3.05) is 0 Å². The molecule has 21 aromatic rings. The number of benzene rings is 12. The van der Waals surface area contributed by atoms with Gasteiger partial charge in [0.1, 0.15) is 0 Å². The summed E-state index contributed by atoms with van der Waals surface area (Å²) in [5, 5.41) is 23.1. The SMILES string of the molecule is c1ccc(-n2c3cc4c5cccc6c7ccccc7n(c4cc3c3cc4c(cc32)c2cc(-c3cc7c8ccccc8n8c9cc%10c%11cccc%12c%13ccccc%13n(c%10cc9c(c3)c78)c%12%11)cc3c7ccccc7n4c32)c65)cc1. The molecule has 9 aromatic heterocycles. The molecule has 0 aliphatic rings. The fraction of sp³-hybridized carbons (Fsp3) is 0. The van der Waals surface area contributed by atoms with E-state index in [0.717, 1.165) is 5.69 Å². The van der Waals surface area contributed by atoms with E-state index in [1.165, 1.54) is 185 Å². The number of nitrogens with zero attached hydrogens (tertiary/aromatic N) is 5. The Morgan fingerprint density at radius 1 is 0.169 bits per heavy atom. The molecule has 0 aliphatic carbocycles. The Balaban J connectivity index is 0.883. The van der Waals surface area contributed by atoms with Crippen molar-refractivity contribution in [3.8, 4) is 16.8 Å². The van der Waals surface area contributed by atoms with Crippen LogP contribution in [0.1, 0.15) is 0 Å². The second-order valence-electron chi connectivity index (χ2n) is 22.0. The van der Waals surface area contributed by atoms with Gasteiger partial charge in [-0.05, 0) is 108 Å². The van der Waals surface area contributed by atoms with Gasteiger partial charge in [0, 0.05) is 103 Å². The predicted molar refractivity (Wildman–Crippen MR) is 325 cm³/mol. The van der Waals surface area contributed by atoms with Crippen LogP contribution in [-0.4, -0.2) is 22.2 Å². The first-order chi connectivity index (χ1) is 38.2. The van der Waals surface area contributed by atoms with E-state index in [4.69, 9.17) is 0 Å². The summed E-state index contributed by atoms with van der Waals surface area (Å²) in [4.78, 5) is 0. The molecule has 0 amide bonds. The third-order valence-electron chi connectivity index (χ3n) is 18.5. The quantitative estimate of drug-likeness (QED) is 0.165. The fourth-order valence-electron chi connectivity index (χ4n) is 15.5. The molecule has 0 N–H and O–H groups in total. The highest BCUT2D eigenvalue weighted by atomic mass is 15.0. The van der Waals surface area contributed by atoms with Crippen molar-refractivity contribution in [2.45, 2.75) is 0 Å². The summed E-state index contributed by atoms with van der Waals surface area (Å²) in [5.74, 6) is 0. The van der Waals surface area contributed by atoms with E-state index >= 15 is 0 Å². The Hall–Kier alpha value is -10.4. The molecule has 0 bridgehead atoms. The monoisotopic (exact) mass is 971 g/mol. The van der Waals surface area contributed by atoms with Crippen LogP contribution >= 0.6 is 0 Å². The van der Waals surface area contributed by atoms with Crippen LogP contribution in [0.3, 0.4) is 0 Å². The van der Waals surface area contributed by atoms with E-state index in [-0.39, 0.29) is 0 Å². The van der Waals surface area contributed by atoms with Crippen molar-refractivity contribution < 1.29 is 0 Å². The van der Waals surface area contributed by atoms with Crippen molar-refractivity contribution >= 4 is 174 Å². The molecular formula is C72H37N5. The lowest BCUT2D eigenvalue weighted by Gasteiger charge is -2.09. The number of para-hydroxylation sites is 7. The van der Waals surface area contributed by atoms with E-state index in [9.17, 15) is 0 Å². The van der Waals surface area contributed by atoms with Crippen LogP contribution in [0.15, 0.2) is 224 Å². The topological polar surface area (TPSA) is 22.6 Å². The highest BCUT2D eigenvalue weighted by Gasteiger charge is 2.27. The number of fused-ring (bicyclic) bond motifs is 27. The zero-order chi connectivity index (χ0) is 49.3. The highest BCUT2D eigenvalue weighted by molar-refractivity contribution is 6.32. The molecule has 12 aromatic carbocycles. The van der Waals surface area contributed by atoms with E-state index < -0.39 is 0 Å². The Kier molecular flexibility index (Phi) is 6.34. The Labute approximate surface area is 435 Å². The lowest BCUT2D eigenvalue weighted by molar-refractivity contribution is 1.18. The van der Waals surface area contributed by atoms with E-state index in [2.05, 4.69) is 247 Å². The van der Waals surface area contributed by atoms with Gasteiger partial charge in [-0.25, -0.2) is 0 Å². The van der Waals surface area contributed by atoms with Gasteiger partial charge in [-0.1, -0.05) is 127 Å². The van der Waals surface area contributed by atoms with Crippen LogP contribution in [0, 0.1) is 0 Å². The lowest BCUT2D eigenvalue weighted by Crippen LogP contribution is -1.93. The third-order valence-corrected chi connectivity index (χ3v) is 18.5. The predicted octanol–water partition coefficient (Wildman–Crippen LogP) is 19.1. The molecule has 0 saturated heterocycles. The maximum absolute atomic E-state index is 2.56.